The van der Waals surface area contributed by atoms with E-state index in [-0.39, 0.29) is 17.8 Å². The highest BCUT2D eigenvalue weighted by Gasteiger charge is 2.26. The lowest BCUT2D eigenvalue weighted by Gasteiger charge is -2.34. The molecule has 0 aliphatic carbocycles. The molecule has 1 aromatic carbocycles. The van der Waals surface area contributed by atoms with Crippen LogP contribution in [0.1, 0.15) is 19.8 Å². The van der Waals surface area contributed by atoms with E-state index < -0.39 is 5.82 Å². The summed E-state index contributed by atoms with van der Waals surface area (Å²) in [7, 11) is 0. The number of halogens is 1. The topological polar surface area (TPSA) is 58.4 Å². The molecule has 19 heavy (non-hydrogen) atoms. The van der Waals surface area contributed by atoms with Gasteiger partial charge in [-0.25, -0.2) is 9.18 Å². The van der Waals surface area contributed by atoms with Gasteiger partial charge in [0.2, 0.25) is 0 Å². The summed E-state index contributed by atoms with van der Waals surface area (Å²) in [4.78, 5) is 13.8. The van der Waals surface area contributed by atoms with Crippen LogP contribution in [0.25, 0.3) is 0 Å². The summed E-state index contributed by atoms with van der Waals surface area (Å²) >= 11 is 0. The summed E-state index contributed by atoms with van der Waals surface area (Å²) in [6.07, 6.45) is 1.98. The third kappa shape index (κ3) is 3.44. The number of nitrogens with one attached hydrogen (secondary N) is 1. The van der Waals surface area contributed by atoms with Crippen LogP contribution in [0.3, 0.4) is 0 Å². The normalized spacial score (nSPS) is 21.0. The maximum atomic E-state index is 13.5. The van der Waals surface area contributed by atoms with Crippen molar-refractivity contribution in [3.63, 3.8) is 0 Å². The predicted molar refractivity (Wildman–Crippen MR) is 73.4 cm³/mol. The van der Waals surface area contributed by atoms with E-state index in [1.807, 2.05) is 6.92 Å². The smallest absolute Gasteiger partial charge is 0.321 e. The maximum Gasteiger partial charge on any atom is 0.321 e. The van der Waals surface area contributed by atoms with Crippen molar-refractivity contribution in [2.45, 2.75) is 25.8 Å². The molecule has 2 unspecified atom stereocenters. The Hall–Kier alpha value is -1.62. The molecule has 2 atom stereocenters. The Labute approximate surface area is 112 Å². The highest BCUT2D eigenvalue weighted by atomic mass is 19.1. The van der Waals surface area contributed by atoms with Crippen molar-refractivity contribution >= 4 is 11.7 Å². The van der Waals surface area contributed by atoms with E-state index in [2.05, 4.69) is 5.32 Å². The average molecular weight is 265 g/mol. The second-order valence-electron chi connectivity index (χ2n) is 5.12. The third-order valence-electron chi connectivity index (χ3n) is 3.60. The minimum Gasteiger partial charge on any atom is -0.328 e. The minimum atomic E-state index is -0.420. The van der Waals surface area contributed by atoms with Gasteiger partial charge in [-0.1, -0.05) is 12.1 Å². The first kappa shape index (κ1) is 13.8. The van der Waals surface area contributed by atoms with E-state index >= 15 is 0 Å². The predicted octanol–water partition coefficient (Wildman–Crippen LogP) is 2.42. The van der Waals surface area contributed by atoms with Gasteiger partial charge in [0.15, 0.2) is 0 Å². The number of rotatable bonds is 2. The molecule has 1 saturated heterocycles. The summed E-state index contributed by atoms with van der Waals surface area (Å²) in [5.41, 5.74) is 6.11. The number of hydrogen-bond acceptors (Lipinski definition) is 2. The molecule has 1 aromatic rings. The van der Waals surface area contributed by atoms with E-state index in [1.165, 1.54) is 6.07 Å². The fourth-order valence-electron chi connectivity index (χ4n) is 2.38. The van der Waals surface area contributed by atoms with Gasteiger partial charge in [0, 0.05) is 19.1 Å². The van der Waals surface area contributed by atoms with Crippen LogP contribution < -0.4 is 11.1 Å². The van der Waals surface area contributed by atoms with Gasteiger partial charge in [-0.05, 0) is 37.8 Å². The molecule has 3 N–H and O–H groups in total. The van der Waals surface area contributed by atoms with Crippen molar-refractivity contribution in [3.8, 4) is 0 Å². The number of anilines is 1. The number of urea groups is 1. The summed E-state index contributed by atoms with van der Waals surface area (Å²) in [5.74, 6) is -0.100. The third-order valence-corrected chi connectivity index (χ3v) is 3.60. The van der Waals surface area contributed by atoms with Crippen LogP contribution in [-0.2, 0) is 0 Å². The fraction of sp³-hybridized carbons (Fsp3) is 0.500. The van der Waals surface area contributed by atoms with Crippen LogP contribution in [-0.4, -0.2) is 30.1 Å². The molecule has 1 aliphatic heterocycles. The first-order valence-electron chi connectivity index (χ1n) is 6.64. The number of nitrogens with zero attached hydrogens (tertiary/aromatic N) is 1. The van der Waals surface area contributed by atoms with E-state index in [0.29, 0.717) is 19.0 Å². The lowest BCUT2D eigenvalue weighted by molar-refractivity contribution is 0.169. The first-order chi connectivity index (χ1) is 9.08. The van der Waals surface area contributed by atoms with Crippen LogP contribution in [0.5, 0.6) is 0 Å². The summed E-state index contributed by atoms with van der Waals surface area (Å²) < 4.78 is 13.5. The van der Waals surface area contributed by atoms with Gasteiger partial charge in [0.1, 0.15) is 5.82 Å². The van der Waals surface area contributed by atoms with Crippen LogP contribution >= 0.6 is 0 Å². The van der Waals surface area contributed by atoms with Crippen LogP contribution in [0.15, 0.2) is 24.3 Å². The van der Waals surface area contributed by atoms with Crippen LogP contribution in [0.2, 0.25) is 0 Å². The molecule has 104 valence electrons. The molecule has 0 spiro atoms. The van der Waals surface area contributed by atoms with Crippen molar-refractivity contribution in [2.75, 3.05) is 18.4 Å². The van der Waals surface area contributed by atoms with Crippen LogP contribution in [0, 0.1) is 11.7 Å². The highest BCUT2D eigenvalue weighted by Crippen LogP contribution is 2.20. The summed E-state index contributed by atoms with van der Waals surface area (Å²) in [6, 6.07) is 5.99. The highest BCUT2D eigenvalue weighted by molar-refractivity contribution is 5.89. The van der Waals surface area contributed by atoms with Crippen molar-refractivity contribution in [1.82, 2.24) is 4.90 Å². The molecule has 2 amide bonds. The van der Waals surface area contributed by atoms with Gasteiger partial charge >= 0.3 is 6.03 Å². The number of carbonyl (C=O) groups is 1. The van der Waals surface area contributed by atoms with E-state index in [9.17, 15) is 9.18 Å². The molecule has 0 saturated carbocycles. The van der Waals surface area contributed by atoms with E-state index in [4.69, 9.17) is 5.73 Å². The quantitative estimate of drug-likeness (QED) is 0.862. The maximum absolute atomic E-state index is 13.5. The van der Waals surface area contributed by atoms with Gasteiger partial charge in [0.05, 0.1) is 5.69 Å². The molecule has 0 bridgehead atoms. The Morgan fingerprint density at radius 3 is 2.95 bits per heavy atom. The lowest BCUT2D eigenvalue weighted by Crippen LogP contribution is -2.46. The second kappa shape index (κ2) is 6.02. The zero-order valence-corrected chi connectivity index (χ0v) is 11.1. The van der Waals surface area contributed by atoms with Crippen molar-refractivity contribution in [3.05, 3.63) is 30.1 Å². The minimum absolute atomic E-state index is 0.0732. The van der Waals surface area contributed by atoms with Crippen LogP contribution in [0.4, 0.5) is 14.9 Å². The number of amides is 2. The summed E-state index contributed by atoms with van der Waals surface area (Å²) in [5, 5.41) is 2.61. The average Bonchev–Trinajstić information content (AvgIpc) is 2.41. The standard InChI is InChI=1S/C14H20FN3O/c1-10(16)11-5-4-8-18(9-11)14(19)17-13-7-3-2-6-12(13)15/h2-3,6-7,10-11H,4-5,8-9,16H2,1H3,(H,17,19). The summed E-state index contributed by atoms with van der Waals surface area (Å²) in [6.45, 7) is 3.30. The molecule has 2 rings (SSSR count). The zero-order valence-electron chi connectivity index (χ0n) is 11.1. The molecule has 0 aromatic heterocycles. The van der Waals surface area contributed by atoms with E-state index in [0.717, 1.165) is 12.8 Å². The zero-order chi connectivity index (χ0) is 13.8. The van der Waals surface area contributed by atoms with Gasteiger partial charge in [-0.3, -0.25) is 0 Å². The Balaban J connectivity index is 1.98. The largest absolute Gasteiger partial charge is 0.328 e. The van der Waals surface area contributed by atoms with Crippen molar-refractivity contribution in [1.29, 1.82) is 0 Å². The Kier molecular flexibility index (Phi) is 4.37. The molecule has 4 nitrogen and oxygen atoms in total. The van der Waals surface area contributed by atoms with Gasteiger partial charge in [-0.15, -0.1) is 0 Å². The second-order valence-corrected chi connectivity index (χ2v) is 5.12. The SMILES string of the molecule is CC(N)C1CCCN(C(=O)Nc2ccccc2F)C1. The number of benzene rings is 1. The lowest BCUT2D eigenvalue weighted by atomic mass is 9.92. The van der Waals surface area contributed by atoms with Gasteiger partial charge in [-0.2, -0.15) is 0 Å². The number of carbonyl (C=O) groups excluding carboxylic acids is 1. The number of piperidine rings is 1. The molecular formula is C14H20FN3O. The number of likely N-dealkylation sites (tertiary alicyclic amines) is 1. The van der Waals surface area contributed by atoms with Crippen molar-refractivity contribution in [2.24, 2.45) is 11.7 Å². The molecule has 1 heterocycles. The molecule has 0 radical (unpaired) electrons. The fourth-order valence-corrected chi connectivity index (χ4v) is 2.38. The van der Waals surface area contributed by atoms with Gasteiger partial charge in [0.25, 0.3) is 0 Å². The Morgan fingerprint density at radius 2 is 2.26 bits per heavy atom. The molecular weight excluding hydrogens is 245 g/mol. The van der Waals surface area contributed by atoms with Gasteiger partial charge < -0.3 is 16.0 Å². The number of para-hydroxylation sites is 1. The first-order valence-corrected chi connectivity index (χ1v) is 6.64. The molecule has 5 heteroatoms. The monoisotopic (exact) mass is 265 g/mol. The van der Waals surface area contributed by atoms with Crippen molar-refractivity contribution < 1.29 is 9.18 Å². The molecule has 1 aliphatic rings. The number of nitrogens with two attached hydrogens (primary N) is 1. The molecule has 1 fully saturated rings. The number of hydrogen-bond donors (Lipinski definition) is 2. The Morgan fingerprint density at radius 1 is 1.53 bits per heavy atom. The van der Waals surface area contributed by atoms with E-state index in [1.54, 1.807) is 23.1 Å². The Bertz CT molecular complexity index is 450.